The summed E-state index contributed by atoms with van der Waals surface area (Å²) in [6, 6.07) is 16.7. The van der Waals surface area contributed by atoms with Crippen LogP contribution in [-0.4, -0.2) is 46.8 Å². The van der Waals surface area contributed by atoms with Crippen LogP contribution in [0.25, 0.3) is 21.8 Å². The third-order valence-corrected chi connectivity index (χ3v) is 5.91. The number of nitrogens with one attached hydrogen (secondary N) is 1. The summed E-state index contributed by atoms with van der Waals surface area (Å²) in [5, 5.41) is 11.9. The van der Waals surface area contributed by atoms with Gasteiger partial charge in [-0.2, -0.15) is 0 Å². The largest absolute Gasteiger partial charge is 0.497 e. The van der Waals surface area contributed by atoms with Crippen molar-refractivity contribution in [3.63, 3.8) is 0 Å². The van der Waals surface area contributed by atoms with Crippen molar-refractivity contribution >= 4 is 21.8 Å². The third kappa shape index (κ3) is 3.26. The maximum absolute atomic E-state index is 9.36. The number of aromatic nitrogens is 2. The molecule has 3 heterocycles. The summed E-state index contributed by atoms with van der Waals surface area (Å²) < 4.78 is 5.29. The number of methoxy groups -OCH3 is 1. The molecule has 1 aliphatic heterocycles. The predicted octanol–water partition coefficient (Wildman–Crippen LogP) is 3.67. The summed E-state index contributed by atoms with van der Waals surface area (Å²) >= 11 is 0. The van der Waals surface area contributed by atoms with Crippen LogP contribution in [0.3, 0.4) is 0 Å². The van der Waals surface area contributed by atoms with Crippen LogP contribution < -0.4 is 4.74 Å². The van der Waals surface area contributed by atoms with Gasteiger partial charge in [0.25, 0.3) is 0 Å². The van der Waals surface area contributed by atoms with E-state index in [1.807, 2.05) is 12.1 Å². The molecule has 5 heteroatoms. The molecule has 0 radical (unpaired) electrons. The molecule has 0 amide bonds. The minimum absolute atomic E-state index is 0.184. The van der Waals surface area contributed by atoms with Crippen molar-refractivity contribution in [1.29, 1.82) is 0 Å². The Morgan fingerprint density at radius 2 is 1.97 bits per heavy atom. The molecule has 0 saturated carbocycles. The number of pyridine rings is 1. The standard InChI is InChI=1S/C24H25N3O2/c1-29-17-8-6-16(7-9-17)14-21-24-23(18-4-2-3-5-20(18)26-24)19-10-11-27(12-13-28)15-22(19)25-21/h2-9,26,28H,10-15H2,1H3. The molecule has 1 aliphatic rings. The van der Waals surface area contributed by atoms with Gasteiger partial charge in [-0.3, -0.25) is 9.88 Å². The Labute approximate surface area is 169 Å². The first kappa shape index (κ1) is 18.2. The van der Waals surface area contributed by atoms with Crippen molar-refractivity contribution in [2.24, 2.45) is 0 Å². The van der Waals surface area contributed by atoms with Gasteiger partial charge in [-0.25, -0.2) is 0 Å². The maximum atomic E-state index is 9.36. The smallest absolute Gasteiger partial charge is 0.118 e. The van der Waals surface area contributed by atoms with E-state index in [0.717, 1.165) is 54.1 Å². The Balaban J connectivity index is 1.66. The molecule has 148 valence electrons. The van der Waals surface area contributed by atoms with E-state index in [2.05, 4.69) is 46.3 Å². The van der Waals surface area contributed by atoms with Crippen molar-refractivity contribution < 1.29 is 9.84 Å². The fraction of sp³-hybridized carbons (Fsp3) is 0.292. The Morgan fingerprint density at radius 3 is 2.76 bits per heavy atom. The van der Waals surface area contributed by atoms with Crippen molar-refractivity contribution in [3.05, 3.63) is 71.0 Å². The minimum Gasteiger partial charge on any atom is -0.497 e. The third-order valence-electron chi connectivity index (χ3n) is 5.91. The number of ether oxygens (including phenoxy) is 1. The van der Waals surface area contributed by atoms with E-state index in [4.69, 9.17) is 9.72 Å². The first-order valence-corrected chi connectivity index (χ1v) is 10.1. The fourth-order valence-electron chi connectivity index (χ4n) is 4.46. The number of hydrogen-bond donors (Lipinski definition) is 2. The number of aliphatic hydroxyl groups excluding tert-OH is 1. The van der Waals surface area contributed by atoms with E-state index < -0.39 is 0 Å². The van der Waals surface area contributed by atoms with Crippen molar-refractivity contribution in [2.75, 3.05) is 26.8 Å². The Kier molecular flexibility index (Phi) is 4.70. The molecule has 0 fully saturated rings. The van der Waals surface area contributed by atoms with Gasteiger partial charge in [0, 0.05) is 42.3 Å². The number of aromatic amines is 1. The van der Waals surface area contributed by atoms with Gasteiger partial charge in [-0.05, 0) is 35.7 Å². The van der Waals surface area contributed by atoms with Crippen molar-refractivity contribution in [2.45, 2.75) is 19.4 Å². The summed E-state index contributed by atoms with van der Waals surface area (Å²) in [6.45, 7) is 2.63. The molecule has 2 aromatic heterocycles. The number of rotatable bonds is 5. The summed E-state index contributed by atoms with van der Waals surface area (Å²) in [4.78, 5) is 11.0. The van der Waals surface area contributed by atoms with Crippen LogP contribution in [0, 0.1) is 0 Å². The van der Waals surface area contributed by atoms with Gasteiger partial charge >= 0.3 is 0 Å². The van der Waals surface area contributed by atoms with Crippen LogP contribution in [0.5, 0.6) is 5.75 Å². The number of β-amino-alcohol motifs (C(OH)–C–C–N with tert-alkyl or cyclic N) is 1. The Morgan fingerprint density at radius 1 is 1.14 bits per heavy atom. The number of benzene rings is 2. The second kappa shape index (κ2) is 7.50. The van der Waals surface area contributed by atoms with Crippen LogP contribution in [-0.2, 0) is 19.4 Å². The number of aliphatic hydroxyl groups is 1. The molecule has 0 spiro atoms. The zero-order valence-electron chi connectivity index (χ0n) is 16.6. The van der Waals surface area contributed by atoms with Gasteiger partial charge in [0.15, 0.2) is 0 Å². The second-order valence-corrected chi connectivity index (χ2v) is 7.68. The van der Waals surface area contributed by atoms with Crippen LogP contribution >= 0.6 is 0 Å². The lowest BCUT2D eigenvalue weighted by atomic mass is 9.96. The molecule has 0 aliphatic carbocycles. The number of H-pyrrole nitrogens is 1. The first-order valence-electron chi connectivity index (χ1n) is 10.1. The zero-order valence-corrected chi connectivity index (χ0v) is 16.6. The number of fused-ring (bicyclic) bond motifs is 5. The van der Waals surface area contributed by atoms with Crippen LogP contribution in [0.2, 0.25) is 0 Å². The van der Waals surface area contributed by atoms with E-state index in [1.165, 1.54) is 21.9 Å². The quantitative estimate of drug-likeness (QED) is 0.549. The SMILES string of the molecule is COc1ccc(Cc2nc3c(c4c2[nH]c2ccccc24)CCN(CCO)C3)cc1. The van der Waals surface area contributed by atoms with Crippen molar-refractivity contribution in [1.82, 2.24) is 14.9 Å². The van der Waals surface area contributed by atoms with Crippen LogP contribution in [0.15, 0.2) is 48.5 Å². The van der Waals surface area contributed by atoms with E-state index in [-0.39, 0.29) is 6.61 Å². The highest BCUT2D eigenvalue weighted by molar-refractivity contribution is 6.10. The highest BCUT2D eigenvalue weighted by Gasteiger charge is 2.23. The zero-order chi connectivity index (χ0) is 19.8. The van der Waals surface area contributed by atoms with Gasteiger partial charge in [-0.15, -0.1) is 0 Å². The molecule has 2 aromatic carbocycles. The van der Waals surface area contributed by atoms with Gasteiger partial charge in [-0.1, -0.05) is 30.3 Å². The maximum Gasteiger partial charge on any atom is 0.118 e. The average molecular weight is 387 g/mol. The van der Waals surface area contributed by atoms with Crippen LogP contribution in [0.1, 0.15) is 22.5 Å². The molecule has 0 atom stereocenters. The number of nitrogens with zero attached hydrogens (tertiary/aromatic N) is 2. The fourth-order valence-corrected chi connectivity index (χ4v) is 4.46. The van der Waals surface area contributed by atoms with E-state index in [9.17, 15) is 5.11 Å². The lowest BCUT2D eigenvalue weighted by Gasteiger charge is -2.28. The van der Waals surface area contributed by atoms with Gasteiger partial charge in [0.1, 0.15) is 5.75 Å². The van der Waals surface area contributed by atoms with E-state index in [0.29, 0.717) is 6.54 Å². The summed E-state index contributed by atoms with van der Waals surface area (Å²) in [6.07, 6.45) is 1.73. The molecule has 5 nitrogen and oxygen atoms in total. The van der Waals surface area contributed by atoms with E-state index in [1.54, 1.807) is 7.11 Å². The molecular weight excluding hydrogens is 362 g/mol. The van der Waals surface area contributed by atoms with Crippen LogP contribution in [0.4, 0.5) is 0 Å². The molecule has 0 unspecified atom stereocenters. The van der Waals surface area contributed by atoms with Gasteiger partial charge in [0.05, 0.1) is 30.6 Å². The minimum atomic E-state index is 0.184. The summed E-state index contributed by atoms with van der Waals surface area (Å²) in [7, 11) is 1.69. The Hall–Kier alpha value is -2.89. The van der Waals surface area contributed by atoms with Crippen molar-refractivity contribution in [3.8, 4) is 5.75 Å². The molecule has 29 heavy (non-hydrogen) atoms. The van der Waals surface area contributed by atoms with E-state index >= 15 is 0 Å². The highest BCUT2D eigenvalue weighted by Crippen LogP contribution is 2.34. The normalized spacial score (nSPS) is 14.4. The Bertz CT molecular complexity index is 1160. The lowest BCUT2D eigenvalue weighted by Crippen LogP contribution is -2.33. The van der Waals surface area contributed by atoms with Gasteiger partial charge < -0.3 is 14.8 Å². The topological polar surface area (TPSA) is 61.4 Å². The average Bonchev–Trinajstić information content (AvgIpc) is 3.15. The molecule has 2 N–H and O–H groups in total. The summed E-state index contributed by atoms with van der Waals surface area (Å²) in [5.41, 5.74) is 7.09. The number of para-hydroxylation sites is 1. The second-order valence-electron chi connectivity index (χ2n) is 7.68. The lowest BCUT2D eigenvalue weighted by molar-refractivity contribution is 0.183. The predicted molar refractivity (Wildman–Crippen MR) is 115 cm³/mol. The monoisotopic (exact) mass is 387 g/mol. The van der Waals surface area contributed by atoms with Gasteiger partial charge in [0.2, 0.25) is 0 Å². The molecular formula is C24H25N3O2. The highest BCUT2D eigenvalue weighted by atomic mass is 16.5. The molecule has 0 saturated heterocycles. The molecule has 5 rings (SSSR count). The number of hydrogen-bond acceptors (Lipinski definition) is 4. The summed E-state index contributed by atoms with van der Waals surface area (Å²) in [5.74, 6) is 0.863. The molecule has 0 bridgehead atoms. The molecule has 4 aromatic rings. The first-order chi connectivity index (χ1) is 14.3.